The van der Waals surface area contributed by atoms with Crippen molar-refractivity contribution in [3.63, 3.8) is 0 Å². The topological polar surface area (TPSA) is 56.7 Å². The minimum absolute atomic E-state index is 0.0534. The third-order valence-electron chi connectivity index (χ3n) is 3.70. The maximum absolute atomic E-state index is 14.7. The Bertz CT molecular complexity index is 870. The molecule has 2 N–H and O–H groups in total. The summed E-state index contributed by atoms with van der Waals surface area (Å²) in [5.41, 5.74) is 8.52. The van der Waals surface area contributed by atoms with Crippen LogP contribution in [0, 0.1) is 19.7 Å². The van der Waals surface area contributed by atoms with Crippen LogP contribution >= 0.6 is 11.6 Å². The zero-order valence-corrected chi connectivity index (χ0v) is 12.7. The van der Waals surface area contributed by atoms with E-state index in [9.17, 15) is 4.39 Å². The third kappa shape index (κ3) is 2.05. The zero-order chi connectivity index (χ0) is 15.3. The van der Waals surface area contributed by atoms with Crippen LogP contribution in [0.5, 0.6) is 0 Å². The fourth-order valence-electron chi connectivity index (χ4n) is 2.59. The molecule has 0 atom stereocenters. The second-order valence-corrected chi connectivity index (χ2v) is 5.43. The SMILES string of the molecule is Cc1nn(C)c(C)c1-c1cc2cc(N)ncc2c(Cl)c1F. The second kappa shape index (κ2) is 4.70. The van der Waals surface area contributed by atoms with Gasteiger partial charge in [-0.05, 0) is 31.4 Å². The predicted molar refractivity (Wildman–Crippen MR) is 82.8 cm³/mol. The summed E-state index contributed by atoms with van der Waals surface area (Å²) in [6.07, 6.45) is 1.49. The molecule has 0 aliphatic heterocycles. The molecule has 1 aromatic carbocycles. The van der Waals surface area contributed by atoms with Crippen LogP contribution in [0.1, 0.15) is 11.4 Å². The van der Waals surface area contributed by atoms with Crippen molar-refractivity contribution in [2.45, 2.75) is 13.8 Å². The monoisotopic (exact) mass is 304 g/mol. The summed E-state index contributed by atoms with van der Waals surface area (Å²) in [4.78, 5) is 3.96. The van der Waals surface area contributed by atoms with Crippen LogP contribution in [-0.4, -0.2) is 14.8 Å². The lowest BCUT2D eigenvalue weighted by Crippen LogP contribution is -1.95. The van der Waals surface area contributed by atoms with Crippen LogP contribution in [0.25, 0.3) is 21.9 Å². The molecular weight excluding hydrogens is 291 g/mol. The van der Waals surface area contributed by atoms with Crippen molar-refractivity contribution in [3.8, 4) is 11.1 Å². The molecule has 6 heteroatoms. The van der Waals surface area contributed by atoms with E-state index in [0.29, 0.717) is 16.8 Å². The number of benzene rings is 1. The molecule has 0 radical (unpaired) electrons. The van der Waals surface area contributed by atoms with E-state index in [4.69, 9.17) is 17.3 Å². The number of pyridine rings is 1. The first-order valence-electron chi connectivity index (χ1n) is 6.44. The molecule has 0 aliphatic carbocycles. The first kappa shape index (κ1) is 13.8. The summed E-state index contributed by atoms with van der Waals surface area (Å²) >= 11 is 6.16. The maximum atomic E-state index is 14.7. The predicted octanol–water partition coefficient (Wildman–Crippen LogP) is 3.63. The number of nitrogens with zero attached hydrogens (tertiary/aromatic N) is 3. The van der Waals surface area contributed by atoms with Gasteiger partial charge in [0.25, 0.3) is 0 Å². The van der Waals surface area contributed by atoms with Crippen molar-refractivity contribution in [1.82, 2.24) is 14.8 Å². The quantitative estimate of drug-likeness (QED) is 0.747. The molecule has 0 bridgehead atoms. The van der Waals surface area contributed by atoms with Crippen LogP contribution in [0.3, 0.4) is 0 Å². The van der Waals surface area contributed by atoms with E-state index in [-0.39, 0.29) is 5.02 Å². The molecule has 2 aromatic heterocycles. The molecule has 0 fully saturated rings. The molecular formula is C15H14ClFN4. The highest BCUT2D eigenvalue weighted by molar-refractivity contribution is 6.36. The third-order valence-corrected chi connectivity index (χ3v) is 4.07. The van der Waals surface area contributed by atoms with Crippen molar-refractivity contribution >= 4 is 28.2 Å². The van der Waals surface area contributed by atoms with Gasteiger partial charge < -0.3 is 5.73 Å². The molecule has 0 amide bonds. The van der Waals surface area contributed by atoms with Gasteiger partial charge in [0.1, 0.15) is 11.6 Å². The van der Waals surface area contributed by atoms with Gasteiger partial charge in [0.2, 0.25) is 0 Å². The molecule has 0 saturated heterocycles. The number of rotatable bonds is 1. The second-order valence-electron chi connectivity index (χ2n) is 5.05. The Morgan fingerprint density at radius 1 is 1.29 bits per heavy atom. The molecule has 3 rings (SSSR count). The highest BCUT2D eigenvalue weighted by Gasteiger charge is 2.19. The number of aromatic nitrogens is 3. The first-order valence-corrected chi connectivity index (χ1v) is 6.81. The normalized spacial score (nSPS) is 11.3. The van der Waals surface area contributed by atoms with Gasteiger partial charge in [0.05, 0.1) is 10.7 Å². The minimum Gasteiger partial charge on any atom is -0.384 e. The number of fused-ring (bicyclic) bond motifs is 1. The molecule has 0 unspecified atom stereocenters. The Morgan fingerprint density at radius 3 is 2.62 bits per heavy atom. The zero-order valence-electron chi connectivity index (χ0n) is 11.9. The van der Waals surface area contributed by atoms with Gasteiger partial charge in [-0.25, -0.2) is 9.37 Å². The molecule has 0 spiro atoms. The van der Waals surface area contributed by atoms with Crippen molar-refractivity contribution in [3.05, 3.63) is 40.6 Å². The van der Waals surface area contributed by atoms with E-state index in [1.807, 2.05) is 20.9 Å². The highest BCUT2D eigenvalue weighted by Crippen LogP contribution is 2.37. The van der Waals surface area contributed by atoms with Crippen LogP contribution in [0.15, 0.2) is 18.3 Å². The number of halogens is 2. The molecule has 2 heterocycles. The number of anilines is 1. The van der Waals surface area contributed by atoms with E-state index >= 15 is 0 Å². The fraction of sp³-hybridized carbons (Fsp3) is 0.200. The largest absolute Gasteiger partial charge is 0.384 e. The van der Waals surface area contributed by atoms with E-state index in [1.54, 1.807) is 16.8 Å². The van der Waals surface area contributed by atoms with Crippen molar-refractivity contribution in [2.24, 2.45) is 7.05 Å². The number of nitrogens with two attached hydrogens (primary N) is 1. The Kier molecular flexibility index (Phi) is 3.10. The Morgan fingerprint density at radius 2 is 2.00 bits per heavy atom. The van der Waals surface area contributed by atoms with Crippen molar-refractivity contribution < 1.29 is 4.39 Å². The van der Waals surface area contributed by atoms with Crippen LogP contribution < -0.4 is 5.73 Å². The molecule has 4 nitrogen and oxygen atoms in total. The van der Waals surface area contributed by atoms with Crippen LogP contribution in [-0.2, 0) is 7.05 Å². The summed E-state index contributed by atoms with van der Waals surface area (Å²) in [7, 11) is 1.83. The lowest BCUT2D eigenvalue weighted by atomic mass is 9.99. The maximum Gasteiger partial charge on any atom is 0.150 e. The van der Waals surface area contributed by atoms with Gasteiger partial charge in [-0.2, -0.15) is 5.10 Å². The summed E-state index contributed by atoms with van der Waals surface area (Å²) in [6.45, 7) is 3.74. The lowest BCUT2D eigenvalue weighted by molar-refractivity contribution is 0.633. The summed E-state index contributed by atoms with van der Waals surface area (Å²) in [6, 6.07) is 3.43. The number of aryl methyl sites for hydroxylation is 2. The van der Waals surface area contributed by atoms with E-state index in [2.05, 4.69) is 10.1 Å². The number of nitrogen functional groups attached to an aromatic ring is 1. The molecule has 0 aliphatic rings. The molecule has 108 valence electrons. The number of hydrogen-bond acceptors (Lipinski definition) is 3. The summed E-state index contributed by atoms with van der Waals surface area (Å²) in [5, 5.41) is 5.68. The average molecular weight is 305 g/mol. The Labute approximate surface area is 126 Å². The first-order chi connectivity index (χ1) is 9.90. The van der Waals surface area contributed by atoms with Gasteiger partial charge in [0.15, 0.2) is 0 Å². The van der Waals surface area contributed by atoms with Crippen molar-refractivity contribution in [1.29, 1.82) is 0 Å². The number of hydrogen-bond donors (Lipinski definition) is 1. The Hall–Kier alpha value is -2.14. The van der Waals surface area contributed by atoms with Gasteiger partial charge in [0, 0.05) is 35.5 Å². The highest BCUT2D eigenvalue weighted by atomic mass is 35.5. The Balaban J connectivity index is 2.40. The van der Waals surface area contributed by atoms with E-state index in [1.165, 1.54) is 6.20 Å². The van der Waals surface area contributed by atoms with Crippen LogP contribution in [0.2, 0.25) is 5.02 Å². The standard InChI is InChI=1S/C15H14ClFN4/c1-7-13(8(2)21(3)20-7)10-4-9-5-12(18)19-6-11(9)14(16)15(10)17/h4-6H,1-3H3,(H2,18,19). The van der Waals surface area contributed by atoms with Gasteiger partial charge in [-0.3, -0.25) is 4.68 Å². The van der Waals surface area contributed by atoms with Gasteiger partial charge >= 0.3 is 0 Å². The van der Waals surface area contributed by atoms with E-state index < -0.39 is 5.82 Å². The smallest absolute Gasteiger partial charge is 0.150 e. The van der Waals surface area contributed by atoms with Gasteiger partial charge in [-0.1, -0.05) is 11.6 Å². The van der Waals surface area contributed by atoms with Gasteiger partial charge in [-0.15, -0.1) is 0 Å². The van der Waals surface area contributed by atoms with E-state index in [0.717, 1.165) is 22.3 Å². The van der Waals surface area contributed by atoms with Crippen LogP contribution in [0.4, 0.5) is 10.2 Å². The fourth-order valence-corrected chi connectivity index (χ4v) is 2.85. The molecule has 0 saturated carbocycles. The average Bonchev–Trinajstić information content (AvgIpc) is 2.68. The molecule has 3 aromatic rings. The molecule has 21 heavy (non-hydrogen) atoms. The summed E-state index contributed by atoms with van der Waals surface area (Å²) in [5.74, 6) is -0.0920. The van der Waals surface area contributed by atoms with Crippen molar-refractivity contribution in [2.75, 3.05) is 5.73 Å². The lowest BCUT2D eigenvalue weighted by Gasteiger charge is -2.09. The summed E-state index contributed by atoms with van der Waals surface area (Å²) < 4.78 is 16.4. The minimum atomic E-state index is -0.463.